The minimum absolute atomic E-state index is 0.0436. The Hall–Kier alpha value is -3.20. The van der Waals surface area contributed by atoms with Gasteiger partial charge >= 0.3 is 0 Å². The maximum atomic E-state index is 13.6. The molecule has 3 aromatic rings. The molecular weight excluding hydrogens is 610 g/mol. The lowest BCUT2D eigenvalue weighted by Gasteiger charge is -2.22. The quantitative estimate of drug-likeness (QED) is 0.208. The van der Waals surface area contributed by atoms with Gasteiger partial charge in [-0.2, -0.15) is 17.7 Å². The van der Waals surface area contributed by atoms with Crippen LogP contribution in [-0.4, -0.2) is 74.7 Å². The first kappa shape index (κ1) is 33.7. The highest BCUT2D eigenvalue weighted by atomic mass is 32.2. The summed E-state index contributed by atoms with van der Waals surface area (Å²) < 4.78 is 63.9. The Bertz CT molecular complexity index is 1460. The van der Waals surface area contributed by atoms with E-state index in [0.29, 0.717) is 48.5 Å². The molecule has 12 nitrogen and oxygen atoms in total. The van der Waals surface area contributed by atoms with E-state index in [1.54, 1.807) is 44.5 Å². The molecule has 1 aliphatic rings. The average Bonchev–Trinajstić information content (AvgIpc) is 3.72. The van der Waals surface area contributed by atoms with E-state index < -0.39 is 27.8 Å². The van der Waals surface area contributed by atoms with Gasteiger partial charge in [-0.25, -0.2) is 18.1 Å². The summed E-state index contributed by atoms with van der Waals surface area (Å²) in [7, 11) is 0.699. The van der Waals surface area contributed by atoms with Gasteiger partial charge in [0.2, 0.25) is 5.75 Å². The van der Waals surface area contributed by atoms with Gasteiger partial charge in [0, 0.05) is 6.42 Å². The van der Waals surface area contributed by atoms with E-state index in [4.69, 9.17) is 28.4 Å². The number of thiol groups is 1. The number of hydrogen-bond acceptors (Lipinski definition) is 12. The summed E-state index contributed by atoms with van der Waals surface area (Å²) in [6, 6.07) is 7.06. The van der Waals surface area contributed by atoms with Gasteiger partial charge in [0.25, 0.3) is 0 Å². The fourth-order valence-corrected chi connectivity index (χ4v) is 6.86. The van der Waals surface area contributed by atoms with Crippen molar-refractivity contribution >= 4 is 22.5 Å². The zero-order valence-corrected chi connectivity index (χ0v) is 27.3. The van der Waals surface area contributed by atoms with Crippen LogP contribution >= 0.6 is 12.6 Å². The van der Waals surface area contributed by atoms with Crippen LogP contribution in [0.3, 0.4) is 0 Å². The molecule has 1 aromatic heterocycles. The summed E-state index contributed by atoms with van der Waals surface area (Å²) in [4.78, 5) is 3.91. The standard InChI is InChI=1S/C30H41N3O9S2/c1-6-10-41-30-26(40-11-9-28(43)33-18-31-17-32-33)14-21(15-27(30)44(35,36)16-19(2)34)23-8-7-22(42-23)20-12-24(37-3)29(39-5)25(13-20)38-4/h12-15,17-19,22-23,28,34,43H,6-11,16H2,1-5H3/t19?,22-,23-,28?/m0/s1. The number of ether oxygens (including phenoxy) is 6. The minimum atomic E-state index is -3.96. The zero-order valence-electron chi connectivity index (χ0n) is 25.6. The number of rotatable bonds is 16. The molecule has 0 spiro atoms. The SMILES string of the molecule is CCCOc1c(OCCC(S)n2cncn2)cc([C@@H]2CC[C@@H](c3cc(OC)c(OC)c(OC)c3)O2)cc1S(=O)(=O)CC(C)O. The molecule has 0 saturated carbocycles. The first-order chi connectivity index (χ1) is 21.1. The van der Waals surface area contributed by atoms with Crippen molar-refractivity contribution in [3.05, 3.63) is 48.0 Å². The van der Waals surface area contributed by atoms with Gasteiger partial charge in [0.05, 0.1) is 64.0 Å². The number of methoxy groups -OCH3 is 3. The second kappa shape index (κ2) is 15.2. The molecule has 4 rings (SSSR count). The number of sulfone groups is 1. The summed E-state index contributed by atoms with van der Waals surface area (Å²) >= 11 is 4.57. The van der Waals surface area contributed by atoms with Crippen molar-refractivity contribution in [3.8, 4) is 28.7 Å². The van der Waals surface area contributed by atoms with E-state index in [0.717, 1.165) is 5.56 Å². The molecule has 1 fully saturated rings. The second-order valence-corrected chi connectivity index (χ2v) is 13.1. The smallest absolute Gasteiger partial charge is 0.203 e. The minimum Gasteiger partial charge on any atom is -0.493 e. The summed E-state index contributed by atoms with van der Waals surface area (Å²) in [6.45, 7) is 3.85. The number of aromatic nitrogens is 3. The third-order valence-corrected chi connectivity index (χ3v) is 9.50. The van der Waals surface area contributed by atoms with Crippen LogP contribution in [-0.2, 0) is 14.6 Å². The fourth-order valence-electron chi connectivity index (χ4n) is 5.07. The van der Waals surface area contributed by atoms with Gasteiger partial charge in [-0.15, -0.1) is 0 Å². The van der Waals surface area contributed by atoms with Gasteiger partial charge in [-0.05, 0) is 61.6 Å². The predicted molar refractivity (Wildman–Crippen MR) is 166 cm³/mol. The highest BCUT2D eigenvalue weighted by Gasteiger charge is 2.33. The molecule has 0 radical (unpaired) electrons. The summed E-state index contributed by atoms with van der Waals surface area (Å²) in [5, 5.41) is 13.8. The van der Waals surface area contributed by atoms with Crippen molar-refractivity contribution in [2.45, 2.75) is 68.1 Å². The molecule has 44 heavy (non-hydrogen) atoms. The van der Waals surface area contributed by atoms with Crippen molar-refractivity contribution in [2.24, 2.45) is 0 Å². The van der Waals surface area contributed by atoms with Crippen LogP contribution in [0.1, 0.15) is 68.2 Å². The Kier molecular flexibility index (Phi) is 11.6. The van der Waals surface area contributed by atoms with Gasteiger partial charge < -0.3 is 33.5 Å². The summed E-state index contributed by atoms with van der Waals surface area (Å²) in [6.07, 6.45) is 3.58. The molecule has 1 N–H and O–H groups in total. The van der Waals surface area contributed by atoms with Crippen LogP contribution in [0, 0.1) is 0 Å². The number of aliphatic hydroxyl groups excluding tert-OH is 1. The topological polar surface area (TPSA) is 140 Å². The molecular formula is C30H41N3O9S2. The molecule has 242 valence electrons. The molecule has 2 unspecified atom stereocenters. The predicted octanol–water partition coefficient (Wildman–Crippen LogP) is 4.74. The largest absolute Gasteiger partial charge is 0.493 e. The van der Waals surface area contributed by atoms with Crippen molar-refractivity contribution in [2.75, 3.05) is 40.3 Å². The van der Waals surface area contributed by atoms with E-state index in [1.807, 2.05) is 19.1 Å². The maximum Gasteiger partial charge on any atom is 0.203 e. The van der Waals surface area contributed by atoms with Crippen LogP contribution < -0.4 is 23.7 Å². The number of hydrogen-bond donors (Lipinski definition) is 2. The van der Waals surface area contributed by atoms with Crippen molar-refractivity contribution < 1.29 is 41.9 Å². The Morgan fingerprint density at radius 1 is 0.977 bits per heavy atom. The fraction of sp³-hybridized carbons (Fsp3) is 0.533. The van der Waals surface area contributed by atoms with Crippen LogP contribution in [0.2, 0.25) is 0 Å². The Morgan fingerprint density at radius 2 is 1.61 bits per heavy atom. The van der Waals surface area contributed by atoms with E-state index in [-0.39, 0.29) is 41.1 Å². The van der Waals surface area contributed by atoms with Crippen LogP contribution in [0.25, 0.3) is 0 Å². The van der Waals surface area contributed by atoms with E-state index in [9.17, 15) is 13.5 Å². The molecule has 2 heterocycles. The summed E-state index contributed by atoms with van der Waals surface area (Å²) in [5.74, 6) is 1.44. The van der Waals surface area contributed by atoms with Gasteiger partial charge in [0.15, 0.2) is 32.8 Å². The highest BCUT2D eigenvalue weighted by Crippen LogP contribution is 2.48. The third kappa shape index (κ3) is 7.89. The molecule has 1 saturated heterocycles. The monoisotopic (exact) mass is 651 g/mol. The molecule has 14 heteroatoms. The number of benzene rings is 2. The van der Waals surface area contributed by atoms with Crippen molar-refractivity contribution in [3.63, 3.8) is 0 Å². The highest BCUT2D eigenvalue weighted by molar-refractivity contribution is 7.91. The average molecular weight is 652 g/mol. The first-order valence-corrected chi connectivity index (χ1v) is 16.6. The number of aliphatic hydroxyl groups is 1. The zero-order chi connectivity index (χ0) is 31.9. The van der Waals surface area contributed by atoms with E-state index >= 15 is 0 Å². The molecule has 0 aliphatic carbocycles. The van der Waals surface area contributed by atoms with Gasteiger partial charge in [-0.1, -0.05) is 6.92 Å². The van der Waals surface area contributed by atoms with E-state index in [2.05, 4.69) is 22.7 Å². The molecule has 4 atom stereocenters. The van der Waals surface area contributed by atoms with Crippen LogP contribution in [0.15, 0.2) is 41.8 Å². The lowest BCUT2D eigenvalue weighted by molar-refractivity contribution is 0.0434. The molecule has 1 aliphatic heterocycles. The number of nitrogens with zero attached hydrogens (tertiary/aromatic N) is 3. The molecule has 0 amide bonds. The van der Waals surface area contributed by atoms with Crippen LogP contribution in [0.5, 0.6) is 28.7 Å². The normalized spacial score (nSPS) is 18.1. The summed E-state index contributed by atoms with van der Waals surface area (Å²) in [5.41, 5.74) is 1.47. The van der Waals surface area contributed by atoms with Crippen molar-refractivity contribution in [1.82, 2.24) is 14.8 Å². The maximum absolute atomic E-state index is 13.6. The first-order valence-electron chi connectivity index (χ1n) is 14.4. The third-order valence-electron chi connectivity index (χ3n) is 7.12. The van der Waals surface area contributed by atoms with Gasteiger partial charge in [0.1, 0.15) is 17.6 Å². The Labute approximate surface area is 263 Å². The lowest BCUT2D eigenvalue weighted by Crippen LogP contribution is -2.19. The second-order valence-electron chi connectivity index (χ2n) is 10.5. The lowest BCUT2D eigenvalue weighted by atomic mass is 10.0. The Balaban J connectivity index is 1.68. The van der Waals surface area contributed by atoms with Gasteiger partial charge in [-0.3, -0.25) is 0 Å². The molecule has 2 aromatic carbocycles. The van der Waals surface area contributed by atoms with E-state index in [1.165, 1.54) is 13.3 Å². The Morgan fingerprint density at radius 3 is 2.16 bits per heavy atom. The molecule has 0 bridgehead atoms. The van der Waals surface area contributed by atoms with Crippen LogP contribution in [0.4, 0.5) is 0 Å². The van der Waals surface area contributed by atoms with Crippen molar-refractivity contribution in [1.29, 1.82) is 0 Å².